The number of anilines is 1. The number of hydrogen-bond donors (Lipinski definition) is 1. The molecule has 1 saturated heterocycles. The Morgan fingerprint density at radius 2 is 1.97 bits per heavy atom. The van der Waals surface area contributed by atoms with Crippen LogP contribution in [0.5, 0.6) is 0 Å². The Labute approximate surface area is 196 Å². The number of nitrogens with zero attached hydrogens (tertiary/aromatic N) is 3. The van der Waals surface area contributed by atoms with Crippen molar-refractivity contribution in [1.82, 2.24) is 9.47 Å². The van der Waals surface area contributed by atoms with Gasteiger partial charge in [-0.1, -0.05) is 35.9 Å². The molecule has 1 fully saturated rings. The van der Waals surface area contributed by atoms with Gasteiger partial charge in [-0.15, -0.1) is 0 Å². The summed E-state index contributed by atoms with van der Waals surface area (Å²) in [5.74, 6) is -0.520. The van der Waals surface area contributed by atoms with Crippen LogP contribution >= 0.6 is 11.6 Å². The molecular weight excluding hydrogens is 440 g/mol. The van der Waals surface area contributed by atoms with Crippen LogP contribution in [-0.4, -0.2) is 47.6 Å². The highest BCUT2D eigenvalue weighted by Gasteiger charge is 2.19. The van der Waals surface area contributed by atoms with Crippen LogP contribution in [0, 0.1) is 18.3 Å². The van der Waals surface area contributed by atoms with Crippen LogP contribution < -0.4 is 5.32 Å². The first-order valence-corrected chi connectivity index (χ1v) is 11.0. The molecule has 8 heteroatoms. The van der Waals surface area contributed by atoms with E-state index in [1.165, 1.54) is 0 Å². The first kappa shape index (κ1) is 22.6. The van der Waals surface area contributed by atoms with Crippen molar-refractivity contribution < 1.29 is 14.3 Å². The molecule has 0 aliphatic carbocycles. The van der Waals surface area contributed by atoms with E-state index in [2.05, 4.69) is 5.32 Å². The minimum Gasteiger partial charge on any atom is -0.378 e. The van der Waals surface area contributed by atoms with E-state index in [-0.39, 0.29) is 18.0 Å². The SMILES string of the molecule is Cc1ccc(Cl)cc1NC(=O)/C(C#N)=C\c1cn(CC(=O)N2CCOCC2)c2ccccc12. The van der Waals surface area contributed by atoms with E-state index < -0.39 is 5.91 Å². The number of benzene rings is 2. The van der Waals surface area contributed by atoms with Crippen molar-refractivity contribution >= 4 is 46.1 Å². The zero-order valence-electron chi connectivity index (χ0n) is 18.2. The molecule has 168 valence electrons. The predicted molar refractivity (Wildman–Crippen MR) is 128 cm³/mol. The first-order valence-electron chi connectivity index (χ1n) is 10.6. The number of nitriles is 1. The van der Waals surface area contributed by atoms with Gasteiger partial charge in [0.1, 0.15) is 18.2 Å². The topological polar surface area (TPSA) is 87.4 Å². The Morgan fingerprint density at radius 3 is 2.73 bits per heavy atom. The molecule has 2 amide bonds. The molecule has 1 N–H and O–H groups in total. The molecule has 0 spiro atoms. The molecule has 33 heavy (non-hydrogen) atoms. The number of carbonyl (C=O) groups excluding carboxylic acids is 2. The summed E-state index contributed by atoms with van der Waals surface area (Å²) < 4.78 is 7.18. The smallest absolute Gasteiger partial charge is 0.266 e. The van der Waals surface area contributed by atoms with Crippen molar-refractivity contribution in [1.29, 1.82) is 5.26 Å². The molecule has 2 aromatic carbocycles. The zero-order valence-corrected chi connectivity index (χ0v) is 18.9. The largest absolute Gasteiger partial charge is 0.378 e. The quantitative estimate of drug-likeness (QED) is 0.458. The number of amides is 2. The number of carbonyl (C=O) groups is 2. The number of para-hydroxylation sites is 1. The lowest BCUT2D eigenvalue weighted by atomic mass is 10.1. The van der Waals surface area contributed by atoms with E-state index in [4.69, 9.17) is 16.3 Å². The summed E-state index contributed by atoms with van der Waals surface area (Å²) in [7, 11) is 0. The van der Waals surface area contributed by atoms with Crippen LogP contribution in [0.1, 0.15) is 11.1 Å². The third-order valence-electron chi connectivity index (χ3n) is 5.60. The molecule has 0 saturated carbocycles. The number of aryl methyl sites for hydroxylation is 1. The third kappa shape index (κ3) is 5.08. The molecule has 2 heterocycles. The Hall–Kier alpha value is -3.60. The van der Waals surface area contributed by atoms with E-state index in [1.807, 2.05) is 41.8 Å². The number of morpholine rings is 1. The molecule has 0 bridgehead atoms. The molecule has 3 aromatic rings. The molecule has 4 rings (SSSR count). The van der Waals surface area contributed by atoms with E-state index >= 15 is 0 Å². The van der Waals surface area contributed by atoms with E-state index in [1.54, 1.807) is 35.4 Å². The number of ether oxygens (including phenoxy) is 1. The molecule has 0 unspecified atom stereocenters. The van der Waals surface area contributed by atoms with Gasteiger partial charge in [0, 0.05) is 46.5 Å². The van der Waals surface area contributed by atoms with E-state index in [0.29, 0.717) is 42.6 Å². The average Bonchev–Trinajstić information content (AvgIpc) is 3.17. The number of nitrogens with one attached hydrogen (secondary N) is 1. The van der Waals surface area contributed by atoms with Gasteiger partial charge >= 0.3 is 0 Å². The van der Waals surface area contributed by atoms with Crippen molar-refractivity contribution in [3.05, 3.63) is 70.4 Å². The summed E-state index contributed by atoms with van der Waals surface area (Å²) in [4.78, 5) is 27.4. The van der Waals surface area contributed by atoms with Gasteiger partial charge in [-0.05, 0) is 36.8 Å². The zero-order chi connectivity index (χ0) is 23.4. The van der Waals surface area contributed by atoms with Gasteiger partial charge in [0.15, 0.2) is 0 Å². The summed E-state index contributed by atoms with van der Waals surface area (Å²) >= 11 is 6.04. The molecule has 1 aromatic heterocycles. The Bertz CT molecular complexity index is 1280. The average molecular weight is 463 g/mol. The normalized spacial score (nSPS) is 14.2. The lowest BCUT2D eigenvalue weighted by molar-refractivity contribution is -0.135. The molecule has 1 aliphatic heterocycles. The third-order valence-corrected chi connectivity index (χ3v) is 5.84. The Kier molecular flexibility index (Phi) is 6.78. The second-order valence-electron chi connectivity index (χ2n) is 7.81. The number of fused-ring (bicyclic) bond motifs is 1. The highest BCUT2D eigenvalue weighted by Crippen LogP contribution is 2.25. The Morgan fingerprint density at radius 1 is 1.21 bits per heavy atom. The summed E-state index contributed by atoms with van der Waals surface area (Å²) in [5, 5.41) is 13.8. The fourth-order valence-corrected chi connectivity index (χ4v) is 3.97. The van der Waals surface area contributed by atoms with Crippen LogP contribution in [0.3, 0.4) is 0 Å². The fourth-order valence-electron chi connectivity index (χ4n) is 3.80. The van der Waals surface area contributed by atoms with Crippen LogP contribution in [0.4, 0.5) is 5.69 Å². The summed E-state index contributed by atoms with van der Waals surface area (Å²) in [6.45, 7) is 4.25. The molecule has 7 nitrogen and oxygen atoms in total. The number of rotatable bonds is 5. The maximum atomic E-state index is 12.8. The van der Waals surface area contributed by atoms with Gasteiger partial charge in [0.2, 0.25) is 5.91 Å². The van der Waals surface area contributed by atoms with Crippen molar-refractivity contribution in [3.63, 3.8) is 0 Å². The fraction of sp³-hybridized carbons (Fsp3) is 0.240. The van der Waals surface area contributed by atoms with Gasteiger partial charge in [0.25, 0.3) is 5.91 Å². The van der Waals surface area contributed by atoms with Crippen LogP contribution in [0.25, 0.3) is 17.0 Å². The maximum Gasteiger partial charge on any atom is 0.266 e. The standard InChI is InChI=1S/C25H23ClN4O3/c1-17-6-7-20(26)13-22(17)28-25(32)18(14-27)12-19-15-30(23-5-3-2-4-21(19)23)16-24(31)29-8-10-33-11-9-29/h2-7,12-13,15H,8-11,16H2,1H3,(H,28,32)/b18-12-. The highest BCUT2D eigenvalue weighted by atomic mass is 35.5. The highest BCUT2D eigenvalue weighted by molar-refractivity contribution is 6.31. The van der Waals surface area contributed by atoms with E-state index in [9.17, 15) is 14.9 Å². The van der Waals surface area contributed by atoms with Gasteiger partial charge in [0.05, 0.1) is 13.2 Å². The summed E-state index contributed by atoms with van der Waals surface area (Å²) in [6, 6.07) is 14.8. The molecule has 0 atom stereocenters. The van der Waals surface area contributed by atoms with Crippen molar-refractivity contribution in [2.45, 2.75) is 13.5 Å². The molecule has 0 radical (unpaired) electrons. The van der Waals surface area contributed by atoms with Gasteiger partial charge in [-0.25, -0.2) is 0 Å². The van der Waals surface area contributed by atoms with Crippen LogP contribution in [0.2, 0.25) is 5.02 Å². The monoisotopic (exact) mass is 462 g/mol. The number of hydrogen-bond acceptors (Lipinski definition) is 4. The molecular formula is C25H23ClN4O3. The second-order valence-corrected chi connectivity index (χ2v) is 8.24. The lowest BCUT2D eigenvalue weighted by Crippen LogP contribution is -2.42. The minimum atomic E-state index is -0.524. The molecule has 1 aliphatic rings. The van der Waals surface area contributed by atoms with Crippen molar-refractivity contribution in [2.24, 2.45) is 0 Å². The van der Waals surface area contributed by atoms with Crippen LogP contribution in [0.15, 0.2) is 54.2 Å². The van der Waals surface area contributed by atoms with Gasteiger partial charge < -0.3 is 19.5 Å². The summed E-state index contributed by atoms with van der Waals surface area (Å²) in [6.07, 6.45) is 3.35. The minimum absolute atomic E-state index is 0.00395. The number of aromatic nitrogens is 1. The predicted octanol–water partition coefficient (Wildman–Crippen LogP) is 4.01. The maximum absolute atomic E-state index is 12.8. The van der Waals surface area contributed by atoms with Gasteiger partial charge in [-0.2, -0.15) is 5.26 Å². The van der Waals surface area contributed by atoms with Gasteiger partial charge in [-0.3, -0.25) is 9.59 Å². The second kappa shape index (κ2) is 9.90. The lowest BCUT2D eigenvalue weighted by Gasteiger charge is -2.27. The summed E-state index contributed by atoms with van der Waals surface area (Å²) in [5.41, 5.74) is 2.89. The Balaban J connectivity index is 1.62. The van der Waals surface area contributed by atoms with Crippen molar-refractivity contribution in [3.8, 4) is 6.07 Å². The first-order chi connectivity index (χ1) is 16.0. The number of halogens is 1. The van der Waals surface area contributed by atoms with Crippen LogP contribution in [-0.2, 0) is 20.9 Å². The van der Waals surface area contributed by atoms with Crippen molar-refractivity contribution in [2.75, 3.05) is 31.6 Å². The van der Waals surface area contributed by atoms with E-state index in [0.717, 1.165) is 16.5 Å².